The van der Waals surface area contributed by atoms with Gasteiger partial charge in [-0.1, -0.05) is 30.3 Å². The quantitative estimate of drug-likeness (QED) is 0.921. The molecule has 0 bridgehead atoms. The molecule has 0 saturated heterocycles. The zero-order chi connectivity index (χ0) is 14.8. The highest BCUT2D eigenvalue weighted by Crippen LogP contribution is 2.24. The Kier molecular flexibility index (Phi) is 5.15. The van der Waals surface area contributed by atoms with Gasteiger partial charge in [0.05, 0.1) is 6.54 Å². The van der Waals surface area contributed by atoms with Gasteiger partial charge < -0.3 is 15.2 Å². The number of aromatic nitrogens is 3. The smallest absolute Gasteiger partial charge is 0.246 e. The Morgan fingerprint density at radius 2 is 2.00 bits per heavy atom. The molecule has 0 saturated carbocycles. The molecule has 2 heterocycles. The Morgan fingerprint density at radius 1 is 1.27 bits per heavy atom. The van der Waals surface area contributed by atoms with Gasteiger partial charge in [-0.3, -0.25) is 4.79 Å². The van der Waals surface area contributed by atoms with Gasteiger partial charge in [-0.15, -0.1) is 22.6 Å². The summed E-state index contributed by atoms with van der Waals surface area (Å²) in [4.78, 5) is 14.4. The van der Waals surface area contributed by atoms with Crippen molar-refractivity contribution >= 4 is 18.3 Å². The molecule has 0 aliphatic carbocycles. The molecule has 0 fully saturated rings. The van der Waals surface area contributed by atoms with Gasteiger partial charge in [0, 0.05) is 13.0 Å². The van der Waals surface area contributed by atoms with Gasteiger partial charge in [0.2, 0.25) is 5.91 Å². The zero-order valence-corrected chi connectivity index (χ0v) is 13.3. The van der Waals surface area contributed by atoms with Crippen molar-refractivity contribution in [1.82, 2.24) is 19.7 Å². The van der Waals surface area contributed by atoms with Crippen LogP contribution in [-0.2, 0) is 24.3 Å². The third-order valence-corrected chi connectivity index (χ3v) is 3.81. The summed E-state index contributed by atoms with van der Waals surface area (Å²) < 4.78 is 1.93. The van der Waals surface area contributed by atoms with Crippen LogP contribution in [-0.4, -0.2) is 32.1 Å². The number of hydrogen-bond donors (Lipinski definition) is 1. The van der Waals surface area contributed by atoms with E-state index >= 15 is 0 Å². The summed E-state index contributed by atoms with van der Waals surface area (Å²) in [6.45, 7) is 3.50. The van der Waals surface area contributed by atoms with Crippen LogP contribution >= 0.6 is 12.4 Å². The lowest BCUT2D eigenvalue weighted by atomic mass is 10.1. The van der Waals surface area contributed by atoms with Gasteiger partial charge in [0.1, 0.15) is 11.9 Å². The summed E-state index contributed by atoms with van der Waals surface area (Å²) in [5, 5.41) is 8.38. The van der Waals surface area contributed by atoms with Crippen LogP contribution in [0.4, 0.5) is 0 Å². The van der Waals surface area contributed by atoms with Gasteiger partial charge in [-0.25, -0.2) is 0 Å². The average Bonchev–Trinajstić information content (AvgIpc) is 2.89. The first-order valence-corrected chi connectivity index (χ1v) is 7.16. The van der Waals surface area contributed by atoms with Crippen LogP contribution in [0.1, 0.15) is 30.2 Å². The maximum absolute atomic E-state index is 12.6. The summed E-state index contributed by atoms with van der Waals surface area (Å²) in [6.07, 6.45) is 0.642. The minimum Gasteiger partial charge on any atom is -0.330 e. The predicted molar refractivity (Wildman–Crippen MR) is 85.4 cm³/mol. The second-order valence-corrected chi connectivity index (χ2v) is 5.30. The Labute approximate surface area is 135 Å². The number of amides is 1. The van der Waals surface area contributed by atoms with E-state index in [0.29, 0.717) is 26.1 Å². The van der Waals surface area contributed by atoms with E-state index in [1.165, 1.54) is 0 Å². The van der Waals surface area contributed by atoms with Crippen molar-refractivity contribution in [3.8, 4) is 0 Å². The molecular formula is C15H20ClN5O. The van der Waals surface area contributed by atoms with Crippen LogP contribution in [0.3, 0.4) is 0 Å². The normalized spacial score (nSPS) is 17.1. The monoisotopic (exact) mass is 321 g/mol. The van der Waals surface area contributed by atoms with Crippen LogP contribution in [0.25, 0.3) is 0 Å². The minimum absolute atomic E-state index is 0. The van der Waals surface area contributed by atoms with E-state index in [1.54, 1.807) is 0 Å². The fraction of sp³-hybridized carbons (Fsp3) is 0.400. The Morgan fingerprint density at radius 3 is 2.68 bits per heavy atom. The second kappa shape index (κ2) is 6.89. The van der Waals surface area contributed by atoms with Crippen LogP contribution < -0.4 is 5.73 Å². The van der Waals surface area contributed by atoms with E-state index < -0.39 is 0 Å². The summed E-state index contributed by atoms with van der Waals surface area (Å²) in [7, 11) is 0. The van der Waals surface area contributed by atoms with E-state index in [2.05, 4.69) is 10.2 Å². The Balaban J connectivity index is 0.00000176. The maximum atomic E-state index is 12.6. The van der Waals surface area contributed by atoms with Crippen molar-refractivity contribution < 1.29 is 4.79 Å². The summed E-state index contributed by atoms with van der Waals surface area (Å²) >= 11 is 0. The van der Waals surface area contributed by atoms with Crippen LogP contribution in [0, 0.1) is 0 Å². The predicted octanol–water partition coefficient (Wildman–Crippen LogP) is 1.30. The molecule has 0 spiro atoms. The molecule has 7 heteroatoms. The molecular weight excluding hydrogens is 302 g/mol. The van der Waals surface area contributed by atoms with E-state index in [0.717, 1.165) is 17.2 Å². The summed E-state index contributed by atoms with van der Waals surface area (Å²) in [5.41, 5.74) is 6.70. The number of halogens is 1. The zero-order valence-electron chi connectivity index (χ0n) is 12.5. The first kappa shape index (κ1) is 16.5. The van der Waals surface area contributed by atoms with Crippen LogP contribution in [0.5, 0.6) is 0 Å². The highest BCUT2D eigenvalue weighted by Gasteiger charge is 2.32. The standard InChI is InChI=1S/C15H19N5O.ClH/c1-11-15(21)19(9-12-5-3-2-4-6-12)10-14-18-17-13(7-8-16)20(11)14;/h2-6,11H,7-10,16H2,1H3;1H/t11-;/m0./s1. The van der Waals surface area contributed by atoms with Gasteiger partial charge in [-0.05, 0) is 19.0 Å². The molecule has 6 nitrogen and oxygen atoms in total. The molecule has 0 radical (unpaired) electrons. The van der Waals surface area contributed by atoms with E-state index in [9.17, 15) is 4.79 Å². The second-order valence-electron chi connectivity index (χ2n) is 5.30. The maximum Gasteiger partial charge on any atom is 0.246 e. The highest BCUT2D eigenvalue weighted by atomic mass is 35.5. The van der Waals surface area contributed by atoms with Crippen molar-refractivity contribution in [2.75, 3.05) is 6.54 Å². The SMILES string of the molecule is C[C@H]1C(=O)N(Cc2ccccc2)Cc2nnc(CCN)n21.Cl. The fourth-order valence-corrected chi connectivity index (χ4v) is 2.78. The van der Waals surface area contributed by atoms with E-state index in [1.807, 2.05) is 46.7 Å². The molecule has 2 aromatic rings. The number of carbonyl (C=O) groups excluding carboxylic acids is 1. The topological polar surface area (TPSA) is 77.0 Å². The van der Waals surface area contributed by atoms with Gasteiger partial charge in [-0.2, -0.15) is 0 Å². The lowest BCUT2D eigenvalue weighted by Crippen LogP contribution is -2.41. The molecule has 1 aliphatic rings. The van der Waals surface area contributed by atoms with Gasteiger partial charge in [0.15, 0.2) is 5.82 Å². The third kappa shape index (κ3) is 2.98. The molecule has 0 unspecified atom stereocenters. The molecule has 1 aromatic heterocycles. The molecule has 1 amide bonds. The molecule has 1 aromatic carbocycles. The molecule has 118 valence electrons. The number of rotatable bonds is 4. The molecule has 1 atom stereocenters. The fourth-order valence-electron chi connectivity index (χ4n) is 2.78. The third-order valence-electron chi connectivity index (χ3n) is 3.81. The number of fused-ring (bicyclic) bond motifs is 1. The summed E-state index contributed by atoms with van der Waals surface area (Å²) in [6, 6.07) is 9.71. The number of hydrogen-bond acceptors (Lipinski definition) is 4. The Bertz CT molecular complexity index is 643. The van der Waals surface area contributed by atoms with Crippen LogP contribution in [0.2, 0.25) is 0 Å². The highest BCUT2D eigenvalue weighted by molar-refractivity contribution is 5.85. The Hall–Kier alpha value is -1.92. The van der Waals surface area contributed by atoms with Crippen molar-refractivity contribution in [3.63, 3.8) is 0 Å². The first-order valence-electron chi connectivity index (χ1n) is 7.16. The average molecular weight is 322 g/mol. The van der Waals surface area contributed by atoms with Crippen molar-refractivity contribution in [2.45, 2.75) is 32.5 Å². The number of nitrogens with two attached hydrogens (primary N) is 1. The minimum atomic E-state index is -0.269. The number of nitrogens with zero attached hydrogens (tertiary/aromatic N) is 4. The van der Waals surface area contributed by atoms with E-state index in [-0.39, 0.29) is 24.4 Å². The van der Waals surface area contributed by atoms with Crippen molar-refractivity contribution in [2.24, 2.45) is 5.73 Å². The van der Waals surface area contributed by atoms with Crippen molar-refractivity contribution in [1.29, 1.82) is 0 Å². The molecule has 2 N–H and O–H groups in total. The largest absolute Gasteiger partial charge is 0.330 e. The lowest BCUT2D eigenvalue weighted by Gasteiger charge is -2.32. The number of carbonyl (C=O) groups is 1. The summed E-state index contributed by atoms with van der Waals surface area (Å²) in [5.74, 6) is 1.73. The van der Waals surface area contributed by atoms with Crippen LogP contribution in [0.15, 0.2) is 30.3 Å². The first-order chi connectivity index (χ1) is 10.2. The molecule has 1 aliphatic heterocycles. The van der Waals surface area contributed by atoms with Crippen molar-refractivity contribution in [3.05, 3.63) is 47.5 Å². The molecule has 3 rings (SSSR count). The lowest BCUT2D eigenvalue weighted by molar-refractivity contribution is -0.137. The molecule has 22 heavy (non-hydrogen) atoms. The van der Waals surface area contributed by atoms with Gasteiger partial charge in [0.25, 0.3) is 0 Å². The van der Waals surface area contributed by atoms with Gasteiger partial charge >= 0.3 is 0 Å². The number of benzene rings is 1. The van der Waals surface area contributed by atoms with E-state index in [4.69, 9.17) is 5.73 Å².